The van der Waals surface area contributed by atoms with Crippen molar-refractivity contribution in [3.05, 3.63) is 47.5 Å². The van der Waals surface area contributed by atoms with Gasteiger partial charge in [0.2, 0.25) is 5.91 Å². The first-order valence-corrected chi connectivity index (χ1v) is 13.3. The maximum atomic E-state index is 13.0. The number of nitriles is 1. The predicted octanol–water partition coefficient (Wildman–Crippen LogP) is 4.59. The number of nitrogens with zero attached hydrogens (tertiary/aromatic N) is 6. The molecule has 182 valence electrons. The lowest BCUT2D eigenvalue weighted by molar-refractivity contribution is -0.135. The van der Waals surface area contributed by atoms with E-state index >= 15 is 0 Å². The molecule has 0 N–H and O–H groups in total. The summed E-state index contributed by atoms with van der Waals surface area (Å²) in [6.07, 6.45) is 10.3. The molecule has 3 aromatic heterocycles. The molecule has 0 radical (unpaired) electrons. The molecule has 1 saturated heterocycles. The number of rotatable bonds is 5. The van der Waals surface area contributed by atoms with Crippen LogP contribution in [0, 0.1) is 30.1 Å². The zero-order valence-electron chi connectivity index (χ0n) is 20.7. The van der Waals surface area contributed by atoms with Gasteiger partial charge in [-0.15, -0.1) is 0 Å². The standard InChI is InChI=1S/C29H30N6O/c1-17-12-23(22-8-9-31-15-25(22)32-17)24-13-21(14-30)28(33-27(24)19-4-5-19)34-10-11-35(29(36)20-6-7-20)26(16-34)18-2-3-18/h8-9,12-13,15,18-20,26H,2-7,10-11,16H2,1H3/t26-/m0/s1. The van der Waals surface area contributed by atoms with E-state index in [-0.39, 0.29) is 12.0 Å². The first kappa shape index (κ1) is 21.7. The molecule has 4 aliphatic rings. The van der Waals surface area contributed by atoms with Gasteiger partial charge in [0.05, 0.1) is 29.0 Å². The number of anilines is 1. The molecule has 1 atom stereocenters. The number of aryl methyl sites for hydroxylation is 1. The van der Waals surface area contributed by atoms with Crippen molar-refractivity contribution in [1.29, 1.82) is 5.26 Å². The van der Waals surface area contributed by atoms with Crippen molar-refractivity contribution in [3.8, 4) is 17.2 Å². The molecule has 0 spiro atoms. The van der Waals surface area contributed by atoms with Crippen LogP contribution in [0.3, 0.4) is 0 Å². The third kappa shape index (κ3) is 3.80. The molecule has 7 nitrogen and oxygen atoms in total. The lowest BCUT2D eigenvalue weighted by Crippen LogP contribution is -2.57. The normalized spacial score (nSPS) is 22.1. The number of fused-ring (bicyclic) bond motifs is 1. The van der Waals surface area contributed by atoms with Crippen LogP contribution in [-0.4, -0.2) is 51.4 Å². The maximum Gasteiger partial charge on any atom is 0.226 e. The SMILES string of the molecule is Cc1cc(-c2cc(C#N)c(N3CCN(C(=O)C4CC4)[C@H](C4CC4)C3)nc2C2CC2)c2ccncc2n1. The maximum absolute atomic E-state index is 13.0. The molecular formula is C29H30N6O. The number of hydrogen-bond donors (Lipinski definition) is 0. The fourth-order valence-corrected chi connectivity index (χ4v) is 5.88. The Balaban J connectivity index is 1.29. The van der Waals surface area contributed by atoms with E-state index < -0.39 is 0 Å². The number of aromatic nitrogens is 3. The molecule has 0 unspecified atom stereocenters. The third-order valence-electron chi connectivity index (χ3n) is 8.24. The highest BCUT2D eigenvalue weighted by Crippen LogP contribution is 2.47. The van der Waals surface area contributed by atoms with E-state index in [1.54, 1.807) is 12.4 Å². The van der Waals surface area contributed by atoms with E-state index in [1.165, 1.54) is 12.8 Å². The van der Waals surface area contributed by atoms with Gasteiger partial charge in [-0.2, -0.15) is 5.26 Å². The van der Waals surface area contributed by atoms with E-state index in [4.69, 9.17) is 4.98 Å². The second-order valence-electron chi connectivity index (χ2n) is 11.0. The van der Waals surface area contributed by atoms with Gasteiger partial charge in [-0.05, 0) is 75.1 Å². The van der Waals surface area contributed by atoms with Gasteiger partial charge in [-0.1, -0.05) is 0 Å². The summed E-state index contributed by atoms with van der Waals surface area (Å²) in [6.45, 7) is 4.23. The molecule has 3 aliphatic carbocycles. The number of carbonyl (C=O) groups is 1. The van der Waals surface area contributed by atoms with E-state index in [9.17, 15) is 10.1 Å². The fourth-order valence-electron chi connectivity index (χ4n) is 5.88. The molecule has 7 heteroatoms. The Kier molecular flexibility index (Phi) is 4.99. The van der Waals surface area contributed by atoms with Crippen molar-refractivity contribution in [2.75, 3.05) is 24.5 Å². The lowest BCUT2D eigenvalue weighted by Gasteiger charge is -2.43. The summed E-state index contributed by atoms with van der Waals surface area (Å²) in [5.74, 6) is 2.41. The third-order valence-corrected chi connectivity index (χ3v) is 8.24. The second-order valence-corrected chi connectivity index (χ2v) is 11.0. The Bertz CT molecular complexity index is 1420. The molecule has 1 aliphatic heterocycles. The van der Waals surface area contributed by atoms with Gasteiger partial charge in [0.15, 0.2) is 0 Å². The Morgan fingerprint density at radius 1 is 1.06 bits per heavy atom. The minimum absolute atomic E-state index is 0.239. The Morgan fingerprint density at radius 3 is 2.61 bits per heavy atom. The van der Waals surface area contributed by atoms with E-state index in [2.05, 4.69) is 38.0 Å². The van der Waals surface area contributed by atoms with Crippen molar-refractivity contribution >= 4 is 22.6 Å². The Hall–Kier alpha value is -3.53. The molecule has 0 bridgehead atoms. The smallest absolute Gasteiger partial charge is 0.226 e. The topological polar surface area (TPSA) is 86.0 Å². The van der Waals surface area contributed by atoms with Crippen molar-refractivity contribution in [3.63, 3.8) is 0 Å². The average Bonchev–Trinajstić information content (AvgIpc) is 3.76. The van der Waals surface area contributed by atoms with Crippen molar-refractivity contribution < 1.29 is 4.79 Å². The molecule has 0 aromatic carbocycles. The zero-order chi connectivity index (χ0) is 24.4. The molecule has 3 aromatic rings. The molecule has 36 heavy (non-hydrogen) atoms. The van der Waals surface area contributed by atoms with Crippen LogP contribution in [0.5, 0.6) is 0 Å². The van der Waals surface area contributed by atoms with Gasteiger partial charge in [-0.3, -0.25) is 14.8 Å². The van der Waals surface area contributed by atoms with Crippen LogP contribution in [-0.2, 0) is 4.79 Å². The molecule has 4 fully saturated rings. The van der Waals surface area contributed by atoms with Crippen LogP contribution >= 0.6 is 0 Å². The highest BCUT2D eigenvalue weighted by atomic mass is 16.2. The number of pyridine rings is 3. The van der Waals surface area contributed by atoms with Crippen LogP contribution in [0.25, 0.3) is 22.0 Å². The minimum atomic E-state index is 0.239. The van der Waals surface area contributed by atoms with Gasteiger partial charge >= 0.3 is 0 Å². The van der Waals surface area contributed by atoms with E-state index in [0.29, 0.717) is 23.3 Å². The summed E-state index contributed by atoms with van der Waals surface area (Å²) in [6, 6.07) is 8.87. The Labute approximate surface area is 211 Å². The molecule has 7 rings (SSSR count). The fraction of sp³-hybridized carbons (Fsp3) is 0.483. The number of piperazine rings is 1. The highest BCUT2D eigenvalue weighted by Gasteiger charge is 2.45. The molecule has 4 heterocycles. The summed E-state index contributed by atoms with van der Waals surface area (Å²) in [5, 5.41) is 11.3. The first-order chi connectivity index (χ1) is 17.6. The van der Waals surface area contributed by atoms with Gasteiger partial charge < -0.3 is 9.80 Å². The number of carbonyl (C=O) groups excluding carboxylic acids is 1. The monoisotopic (exact) mass is 478 g/mol. The summed E-state index contributed by atoms with van der Waals surface area (Å²) >= 11 is 0. The summed E-state index contributed by atoms with van der Waals surface area (Å²) < 4.78 is 0. The lowest BCUT2D eigenvalue weighted by atomic mass is 9.96. The quantitative estimate of drug-likeness (QED) is 0.533. The number of amides is 1. The van der Waals surface area contributed by atoms with Gasteiger partial charge in [0.25, 0.3) is 0 Å². The van der Waals surface area contributed by atoms with Crippen LogP contribution in [0.2, 0.25) is 0 Å². The second kappa shape index (κ2) is 8.26. The van der Waals surface area contributed by atoms with Crippen molar-refractivity contribution in [1.82, 2.24) is 19.9 Å². The minimum Gasteiger partial charge on any atom is -0.352 e. The van der Waals surface area contributed by atoms with Crippen LogP contribution in [0.15, 0.2) is 30.6 Å². The van der Waals surface area contributed by atoms with Gasteiger partial charge in [0.1, 0.15) is 11.9 Å². The van der Waals surface area contributed by atoms with Crippen LogP contribution in [0.1, 0.15) is 61.4 Å². The zero-order valence-corrected chi connectivity index (χ0v) is 20.7. The van der Waals surface area contributed by atoms with Crippen LogP contribution < -0.4 is 4.90 Å². The largest absolute Gasteiger partial charge is 0.352 e. The highest BCUT2D eigenvalue weighted by molar-refractivity contribution is 5.95. The number of hydrogen-bond acceptors (Lipinski definition) is 6. The summed E-state index contributed by atoms with van der Waals surface area (Å²) in [4.78, 5) is 31.6. The van der Waals surface area contributed by atoms with Crippen molar-refractivity contribution in [2.45, 2.75) is 57.4 Å². The van der Waals surface area contributed by atoms with Crippen LogP contribution in [0.4, 0.5) is 5.82 Å². The van der Waals surface area contributed by atoms with Gasteiger partial charge in [-0.25, -0.2) is 4.98 Å². The molecule has 1 amide bonds. The average molecular weight is 479 g/mol. The predicted molar refractivity (Wildman–Crippen MR) is 137 cm³/mol. The van der Waals surface area contributed by atoms with Crippen molar-refractivity contribution in [2.24, 2.45) is 11.8 Å². The first-order valence-electron chi connectivity index (χ1n) is 13.3. The van der Waals surface area contributed by atoms with E-state index in [1.807, 2.05) is 13.0 Å². The summed E-state index contributed by atoms with van der Waals surface area (Å²) in [5.41, 5.74) is 5.61. The molecular weight excluding hydrogens is 448 g/mol. The van der Waals surface area contributed by atoms with E-state index in [0.717, 1.165) is 84.6 Å². The van der Waals surface area contributed by atoms with Gasteiger partial charge in [0, 0.05) is 54.3 Å². The Morgan fingerprint density at radius 2 is 1.89 bits per heavy atom. The molecule has 3 saturated carbocycles. The summed E-state index contributed by atoms with van der Waals surface area (Å²) in [7, 11) is 0.